The second-order valence-corrected chi connectivity index (χ2v) is 7.42. The predicted molar refractivity (Wildman–Crippen MR) is 102 cm³/mol. The first kappa shape index (κ1) is 19.7. The van der Waals surface area contributed by atoms with E-state index in [1.54, 1.807) is 12.1 Å². The molecule has 0 aliphatic carbocycles. The van der Waals surface area contributed by atoms with Gasteiger partial charge in [-0.2, -0.15) is 0 Å². The molecule has 0 spiro atoms. The predicted octanol–water partition coefficient (Wildman–Crippen LogP) is 2.90. The Balaban J connectivity index is 1.99. The van der Waals surface area contributed by atoms with Gasteiger partial charge in [-0.05, 0) is 31.5 Å². The van der Waals surface area contributed by atoms with E-state index in [9.17, 15) is 9.18 Å². The standard InChI is InChI=1S/C18H26BrFN4O/c1-4-21-18(22-10-13-9-14(19)5-6-16(13)20)23-15-7-8-24(11-15)17(25)12(2)3/h5-6,9,12,15H,4,7-8,10-11H2,1-3H3,(H2,21,22,23). The molecule has 0 radical (unpaired) electrons. The summed E-state index contributed by atoms with van der Waals surface area (Å²) in [5.41, 5.74) is 0.537. The smallest absolute Gasteiger partial charge is 0.225 e. The Kier molecular flexibility index (Phi) is 7.23. The molecule has 0 bridgehead atoms. The molecule has 1 heterocycles. The minimum absolute atomic E-state index is 0.0140. The van der Waals surface area contributed by atoms with Gasteiger partial charge in [-0.15, -0.1) is 0 Å². The molecule has 5 nitrogen and oxygen atoms in total. The van der Waals surface area contributed by atoms with Crippen LogP contribution < -0.4 is 10.6 Å². The number of hydrogen-bond acceptors (Lipinski definition) is 2. The first-order chi connectivity index (χ1) is 11.9. The van der Waals surface area contributed by atoms with E-state index in [0.29, 0.717) is 24.6 Å². The third-order valence-electron chi connectivity index (χ3n) is 4.09. The van der Waals surface area contributed by atoms with Gasteiger partial charge in [0.25, 0.3) is 0 Å². The minimum Gasteiger partial charge on any atom is -0.357 e. The molecule has 7 heteroatoms. The molecule has 1 aliphatic rings. The van der Waals surface area contributed by atoms with Gasteiger partial charge in [0.15, 0.2) is 5.96 Å². The summed E-state index contributed by atoms with van der Waals surface area (Å²) < 4.78 is 14.7. The van der Waals surface area contributed by atoms with Crippen molar-refractivity contribution in [2.24, 2.45) is 10.9 Å². The van der Waals surface area contributed by atoms with Crippen LogP contribution in [0.5, 0.6) is 0 Å². The van der Waals surface area contributed by atoms with Gasteiger partial charge in [0.2, 0.25) is 5.91 Å². The maximum Gasteiger partial charge on any atom is 0.225 e. The largest absolute Gasteiger partial charge is 0.357 e. The molecule has 25 heavy (non-hydrogen) atoms. The molecule has 1 amide bonds. The quantitative estimate of drug-likeness (QED) is 0.577. The number of hydrogen-bond donors (Lipinski definition) is 2. The second kappa shape index (κ2) is 9.17. The lowest BCUT2D eigenvalue weighted by molar-refractivity contribution is -0.133. The number of amides is 1. The van der Waals surface area contributed by atoms with E-state index < -0.39 is 0 Å². The first-order valence-electron chi connectivity index (χ1n) is 8.68. The van der Waals surface area contributed by atoms with E-state index in [1.165, 1.54) is 6.07 Å². The van der Waals surface area contributed by atoms with E-state index in [4.69, 9.17) is 0 Å². The van der Waals surface area contributed by atoms with Gasteiger partial charge in [0, 0.05) is 41.6 Å². The molecule has 1 saturated heterocycles. The highest BCUT2D eigenvalue weighted by Crippen LogP contribution is 2.16. The van der Waals surface area contributed by atoms with Crippen LogP contribution in [0.25, 0.3) is 0 Å². The molecular formula is C18H26BrFN4O. The minimum atomic E-state index is -0.266. The van der Waals surface area contributed by atoms with Crippen molar-refractivity contribution in [1.29, 1.82) is 0 Å². The van der Waals surface area contributed by atoms with Crippen LogP contribution in [-0.2, 0) is 11.3 Å². The van der Waals surface area contributed by atoms with Gasteiger partial charge in [-0.25, -0.2) is 9.38 Å². The first-order valence-corrected chi connectivity index (χ1v) is 9.47. The molecule has 2 rings (SSSR count). The molecule has 1 aromatic rings. The maximum absolute atomic E-state index is 13.9. The zero-order valence-corrected chi connectivity index (χ0v) is 16.6. The number of carbonyl (C=O) groups excluding carboxylic acids is 1. The van der Waals surface area contributed by atoms with Crippen LogP contribution in [0.2, 0.25) is 0 Å². The fraction of sp³-hybridized carbons (Fsp3) is 0.556. The zero-order valence-electron chi connectivity index (χ0n) is 15.0. The number of aliphatic imine (C=N–C) groups is 1. The molecule has 1 aromatic carbocycles. The Bertz CT molecular complexity index is 636. The number of nitrogens with one attached hydrogen (secondary N) is 2. The topological polar surface area (TPSA) is 56.7 Å². The van der Waals surface area contributed by atoms with Crippen LogP contribution in [0.4, 0.5) is 4.39 Å². The van der Waals surface area contributed by atoms with Gasteiger partial charge in [-0.3, -0.25) is 4.79 Å². The lowest BCUT2D eigenvalue weighted by Crippen LogP contribution is -2.45. The lowest BCUT2D eigenvalue weighted by atomic mass is 10.2. The summed E-state index contributed by atoms with van der Waals surface area (Å²) in [5, 5.41) is 6.54. The van der Waals surface area contributed by atoms with Gasteiger partial charge >= 0.3 is 0 Å². The van der Waals surface area contributed by atoms with Crippen LogP contribution in [0, 0.1) is 11.7 Å². The fourth-order valence-corrected chi connectivity index (χ4v) is 3.19. The highest BCUT2D eigenvalue weighted by Gasteiger charge is 2.27. The van der Waals surface area contributed by atoms with E-state index in [2.05, 4.69) is 31.6 Å². The highest BCUT2D eigenvalue weighted by atomic mass is 79.9. The molecule has 1 aliphatic heterocycles. The SMILES string of the molecule is CCNC(=NCc1cc(Br)ccc1F)NC1CCN(C(=O)C(C)C)C1. The summed E-state index contributed by atoms with van der Waals surface area (Å²) >= 11 is 3.35. The molecular weight excluding hydrogens is 387 g/mol. The van der Waals surface area contributed by atoms with Crippen LogP contribution >= 0.6 is 15.9 Å². The van der Waals surface area contributed by atoms with Gasteiger partial charge in [-0.1, -0.05) is 29.8 Å². The number of guanidine groups is 1. The van der Waals surface area contributed by atoms with Crippen molar-refractivity contribution >= 4 is 27.8 Å². The Morgan fingerprint density at radius 3 is 2.92 bits per heavy atom. The molecule has 1 unspecified atom stereocenters. The normalized spacial score (nSPS) is 17.9. The van der Waals surface area contributed by atoms with Crippen molar-refractivity contribution < 1.29 is 9.18 Å². The Morgan fingerprint density at radius 2 is 2.24 bits per heavy atom. The Morgan fingerprint density at radius 1 is 1.48 bits per heavy atom. The van der Waals surface area contributed by atoms with Crippen LogP contribution in [0.15, 0.2) is 27.7 Å². The van der Waals surface area contributed by atoms with Crippen LogP contribution in [-0.4, -0.2) is 42.4 Å². The molecule has 1 atom stereocenters. The summed E-state index contributed by atoms with van der Waals surface area (Å²) in [6.07, 6.45) is 0.883. The molecule has 0 saturated carbocycles. The number of benzene rings is 1. The number of nitrogens with zero attached hydrogens (tertiary/aromatic N) is 2. The van der Waals surface area contributed by atoms with Crippen LogP contribution in [0.1, 0.15) is 32.8 Å². The Labute approximate surface area is 157 Å². The summed E-state index contributed by atoms with van der Waals surface area (Å²) in [4.78, 5) is 18.5. The second-order valence-electron chi connectivity index (χ2n) is 6.50. The molecule has 1 fully saturated rings. The van der Waals surface area contributed by atoms with E-state index in [1.807, 2.05) is 25.7 Å². The number of carbonyl (C=O) groups is 1. The molecule has 2 N–H and O–H groups in total. The lowest BCUT2D eigenvalue weighted by Gasteiger charge is -2.20. The van der Waals surface area contributed by atoms with Crippen molar-refractivity contribution in [2.75, 3.05) is 19.6 Å². The van der Waals surface area contributed by atoms with Gasteiger partial charge in [0.1, 0.15) is 5.82 Å². The van der Waals surface area contributed by atoms with Crippen molar-refractivity contribution in [3.8, 4) is 0 Å². The summed E-state index contributed by atoms with van der Waals surface area (Å²) in [7, 11) is 0. The molecule has 138 valence electrons. The van der Waals surface area contributed by atoms with Crippen molar-refractivity contribution in [2.45, 2.75) is 39.8 Å². The summed E-state index contributed by atoms with van der Waals surface area (Å²) in [5.74, 6) is 0.575. The number of likely N-dealkylation sites (tertiary alicyclic amines) is 1. The van der Waals surface area contributed by atoms with E-state index >= 15 is 0 Å². The van der Waals surface area contributed by atoms with Gasteiger partial charge < -0.3 is 15.5 Å². The summed E-state index contributed by atoms with van der Waals surface area (Å²) in [6, 6.07) is 5.00. The highest BCUT2D eigenvalue weighted by molar-refractivity contribution is 9.10. The molecule has 0 aromatic heterocycles. The fourth-order valence-electron chi connectivity index (χ4n) is 2.79. The maximum atomic E-state index is 13.9. The summed E-state index contributed by atoms with van der Waals surface area (Å²) in [6.45, 7) is 8.22. The monoisotopic (exact) mass is 412 g/mol. The zero-order chi connectivity index (χ0) is 18.4. The van der Waals surface area contributed by atoms with Crippen molar-refractivity contribution in [1.82, 2.24) is 15.5 Å². The average molecular weight is 413 g/mol. The van der Waals surface area contributed by atoms with Gasteiger partial charge in [0.05, 0.1) is 6.54 Å². The van der Waals surface area contributed by atoms with Crippen molar-refractivity contribution in [3.05, 3.63) is 34.1 Å². The van der Waals surface area contributed by atoms with E-state index in [-0.39, 0.29) is 30.2 Å². The van der Waals surface area contributed by atoms with Crippen LogP contribution in [0.3, 0.4) is 0 Å². The number of halogens is 2. The average Bonchev–Trinajstić information content (AvgIpc) is 3.03. The van der Waals surface area contributed by atoms with Crippen molar-refractivity contribution in [3.63, 3.8) is 0 Å². The Hall–Kier alpha value is -1.63. The number of rotatable bonds is 5. The third kappa shape index (κ3) is 5.70. The van der Waals surface area contributed by atoms with E-state index in [0.717, 1.165) is 17.4 Å². The third-order valence-corrected chi connectivity index (χ3v) is 4.59.